The zero-order chi connectivity index (χ0) is 13.3. The maximum Gasteiger partial charge on any atom is 0.345 e. The SMILES string of the molecule is COc1ccccc1[C@@H]1C[C@@H](P(=O)(O)O)N(C)O1. The van der Waals surface area contributed by atoms with Crippen LogP contribution in [0.15, 0.2) is 24.3 Å². The van der Waals surface area contributed by atoms with Gasteiger partial charge in [-0.3, -0.25) is 9.40 Å². The van der Waals surface area contributed by atoms with Crippen molar-refractivity contribution in [1.82, 2.24) is 5.06 Å². The van der Waals surface area contributed by atoms with E-state index in [0.29, 0.717) is 5.75 Å². The fourth-order valence-corrected chi connectivity index (χ4v) is 3.06. The lowest BCUT2D eigenvalue weighted by molar-refractivity contribution is -0.136. The van der Waals surface area contributed by atoms with Crippen LogP contribution in [0.4, 0.5) is 0 Å². The molecule has 1 saturated heterocycles. The van der Waals surface area contributed by atoms with Gasteiger partial charge in [0.05, 0.1) is 7.11 Å². The fraction of sp³-hybridized carbons (Fsp3) is 0.455. The molecule has 1 aromatic rings. The third kappa shape index (κ3) is 2.58. The van der Waals surface area contributed by atoms with Crippen molar-refractivity contribution in [3.05, 3.63) is 29.8 Å². The van der Waals surface area contributed by atoms with Crippen molar-refractivity contribution >= 4 is 7.60 Å². The molecule has 0 spiro atoms. The predicted molar refractivity (Wildman–Crippen MR) is 65.0 cm³/mol. The van der Waals surface area contributed by atoms with E-state index in [-0.39, 0.29) is 6.42 Å². The summed E-state index contributed by atoms with van der Waals surface area (Å²) in [7, 11) is -1.11. The van der Waals surface area contributed by atoms with Crippen LogP contribution < -0.4 is 4.74 Å². The van der Waals surface area contributed by atoms with Gasteiger partial charge in [-0.25, -0.2) is 0 Å². The molecule has 1 aliphatic rings. The molecule has 1 fully saturated rings. The molecule has 1 aromatic carbocycles. The van der Waals surface area contributed by atoms with E-state index in [0.717, 1.165) is 5.56 Å². The number of para-hydroxylation sites is 1. The summed E-state index contributed by atoms with van der Waals surface area (Å²) in [6, 6.07) is 7.30. The molecule has 2 N–H and O–H groups in total. The minimum atomic E-state index is -4.19. The Morgan fingerprint density at radius 3 is 2.67 bits per heavy atom. The van der Waals surface area contributed by atoms with Crippen molar-refractivity contribution in [2.24, 2.45) is 0 Å². The summed E-state index contributed by atoms with van der Waals surface area (Å²) in [5.41, 5.74) is 0.794. The van der Waals surface area contributed by atoms with Crippen LogP contribution in [0.5, 0.6) is 5.75 Å². The van der Waals surface area contributed by atoms with Crippen molar-refractivity contribution in [3.63, 3.8) is 0 Å². The van der Waals surface area contributed by atoms with E-state index in [1.165, 1.54) is 12.1 Å². The van der Waals surface area contributed by atoms with Gasteiger partial charge >= 0.3 is 7.60 Å². The molecule has 7 heteroatoms. The molecule has 2 rings (SSSR count). The first-order valence-corrected chi connectivity index (χ1v) is 7.19. The van der Waals surface area contributed by atoms with Crippen LogP contribution in [0.3, 0.4) is 0 Å². The lowest BCUT2D eigenvalue weighted by Crippen LogP contribution is -2.23. The van der Waals surface area contributed by atoms with Gasteiger partial charge in [-0.15, -0.1) is 0 Å². The molecular formula is C11H16NO5P. The summed E-state index contributed by atoms with van der Waals surface area (Å²) in [6.07, 6.45) is -0.162. The van der Waals surface area contributed by atoms with Gasteiger partial charge in [0.1, 0.15) is 17.6 Å². The molecule has 6 nitrogen and oxygen atoms in total. The number of hydrogen-bond acceptors (Lipinski definition) is 4. The van der Waals surface area contributed by atoms with Crippen LogP contribution in [0.1, 0.15) is 18.1 Å². The average Bonchev–Trinajstić information content (AvgIpc) is 2.71. The molecule has 1 heterocycles. The van der Waals surface area contributed by atoms with Crippen molar-refractivity contribution in [2.45, 2.75) is 18.3 Å². The highest BCUT2D eigenvalue weighted by molar-refractivity contribution is 7.52. The number of benzene rings is 1. The Hall–Kier alpha value is -0.910. The molecule has 100 valence electrons. The highest BCUT2D eigenvalue weighted by Gasteiger charge is 2.43. The monoisotopic (exact) mass is 273 g/mol. The molecule has 1 aliphatic heterocycles. The van der Waals surface area contributed by atoms with Crippen LogP contribution in [0, 0.1) is 0 Å². The van der Waals surface area contributed by atoms with E-state index in [4.69, 9.17) is 9.57 Å². The fourth-order valence-electron chi connectivity index (χ4n) is 2.12. The number of ether oxygens (including phenoxy) is 1. The number of nitrogens with zero attached hydrogens (tertiary/aromatic N) is 1. The van der Waals surface area contributed by atoms with Crippen LogP contribution in [0.25, 0.3) is 0 Å². The Labute approximate surface area is 105 Å². The van der Waals surface area contributed by atoms with Gasteiger partial charge in [0.15, 0.2) is 0 Å². The molecular weight excluding hydrogens is 257 g/mol. The van der Waals surface area contributed by atoms with E-state index in [9.17, 15) is 14.4 Å². The number of hydrogen-bond donors (Lipinski definition) is 2. The molecule has 0 bridgehead atoms. The second-order valence-electron chi connectivity index (χ2n) is 4.19. The van der Waals surface area contributed by atoms with E-state index >= 15 is 0 Å². The first kappa shape index (κ1) is 13.5. The molecule has 2 atom stereocenters. The van der Waals surface area contributed by atoms with E-state index in [1.807, 2.05) is 18.2 Å². The highest BCUT2D eigenvalue weighted by Crippen LogP contribution is 2.51. The van der Waals surface area contributed by atoms with Crippen LogP contribution in [0.2, 0.25) is 0 Å². The smallest absolute Gasteiger partial charge is 0.345 e. The molecule has 0 aromatic heterocycles. The van der Waals surface area contributed by atoms with Gasteiger partial charge in [-0.05, 0) is 6.07 Å². The normalized spacial score (nSPS) is 25.3. The zero-order valence-corrected chi connectivity index (χ0v) is 11.1. The highest BCUT2D eigenvalue weighted by atomic mass is 31.2. The Balaban J connectivity index is 2.25. The standard InChI is InChI=1S/C11H16NO5P/c1-12-11(18(13,14)15)7-10(17-12)8-5-3-4-6-9(8)16-2/h3-6,10-11H,7H2,1-2H3,(H2,13,14,15)/t10-,11+/m0/s1. The first-order valence-electron chi connectivity index (χ1n) is 5.51. The quantitative estimate of drug-likeness (QED) is 0.813. The summed E-state index contributed by atoms with van der Waals surface area (Å²) < 4.78 is 16.5. The molecule has 0 aliphatic carbocycles. The van der Waals surface area contributed by atoms with E-state index < -0.39 is 19.5 Å². The third-order valence-corrected chi connectivity index (χ3v) is 4.32. The second-order valence-corrected chi connectivity index (χ2v) is 5.96. The van der Waals surface area contributed by atoms with E-state index in [1.54, 1.807) is 13.2 Å². The number of rotatable bonds is 3. The minimum Gasteiger partial charge on any atom is -0.496 e. The zero-order valence-electron chi connectivity index (χ0n) is 10.2. The maximum absolute atomic E-state index is 11.3. The average molecular weight is 273 g/mol. The first-order chi connectivity index (χ1) is 8.43. The van der Waals surface area contributed by atoms with Crippen molar-refractivity contribution in [2.75, 3.05) is 14.2 Å². The van der Waals surface area contributed by atoms with Crippen LogP contribution >= 0.6 is 7.60 Å². The van der Waals surface area contributed by atoms with Gasteiger partial charge in [-0.2, -0.15) is 5.06 Å². The van der Waals surface area contributed by atoms with Crippen molar-refractivity contribution in [3.8, 4) is 5.75 Å². The lowest BCUT2D eigenvalue weighted by atomic mass is 10.1. The Bertz CT molecular complexity index is 474. The third-order valence-electron chi connectivity index (χ3n) is 3.01. The molecule has 0 saturated carbocycles. The lowest BCUT2D eigenvalue weighted by Gasteiger charge is -2.18. The molecule has 18 heavy (non-hydrogen) atoms. The van der Waals surface area contributed by atoms with Gasteiger partial charge in [0.2, 0.25) is 0 Å². The van der Waals surface area contributed by atoms with Gasteiger partial charge in [0.25, 0.3) is 0 Å². The number of hydroxylamine groups is 2. The van der Waals surface area contributed by atoms with Gasteiger partial charge in [0, 0.05) is 19.0 Å². The summed E-state index contributed by atoms with van der Waals surface area (Å²) in [6.45, 7) is 0. The van der Waals surface area contributed by atoms with Gasteiger partial charge < -0.3 is 14.5 Å². The van der Waals surface area contributed by atoms with E-state index in [2.05, 4.69) is 0 Å². The topological polar surface area (TPSA) is 79.2 Å². The summed E-state index contributed by atoms with van der Waals surface area (Å²) in [5, 5.41) is 1.23. The second kappa shape index (κ2) is 4.99. The summed E-state index contributed by atoms with van der Waals surface area (Å²) >= 11 is 0. The summed E-state index contributed by atoms with van der Waals surface area (Å²) in [5.74, 6) is -0.255. The number of methoxy groups -OCH3 is 1. The molecule has 0 unspecified atom stereocenters. The largest absolute Gasteiger partial charge is 0.496 e. The summed E-state index contributed by atoms with van der Waals surface area (Å²) in [4.78, 5) is 24.0. The Morgan fingerprint density at radius 2 is 2.11 bits per heavy atom. The maximum atomic E-state index is 11.3. The van der Waals surface area contributed by atoms with Crippen LogP contribution in [-0.4, -0.2) is 34.8 Å². The predicted octanol–water partition coefficient (Wildman–Crippen LogP) is 1.51. The minimum absolute atomic E-state index is 0.237. The molecule has 0 amide bonds. The Morgan fingerprint density at radius 1 is 1.44 bits per heavy atom. The van der Waals surface area contributed by atoms with Crippen molar-refractivity contribution in [1.29, 1.82) is 0 Å². The van der Waals surface area contributed by atoms with Crippen LogP contribution in [-0.2, 0) is 9.40 Å². The Kier molecular flexibility index (Phi) is 3.75. The van der Waals surface area contributed by atoms with Gasteiger partial charge in [-0.1, -0.05) is 18.2 Å². The van der Waals surface area contributed by atoms with Crippen molar-refractivity contribution < 1.29 is 23.9 Å². The molecule has 0 radical (unpaired) electrons.